The lowest BCUT2D eigenvalue weighted by molar-refractivity contribution is 0.0909. The number of fused-ring (bicyclic) bond motifs is 1. The highest BCUT2D eigenvalue weighted by Crippen LogP contribution is 2.22. The van der Waals surface area contributed by atoms with Crippen molar-refractivity contribution >= 4 is 5.69 Å². The van der Waals surface area contributed by atoms with E-state index in [0.717, 1.165) is 31.8 Å². The molecule has 3 heteroatoms. The van der Waals surface area contributed by atoms with Crippen LogP contribution in [-0.4, -0.2) is 31.2 Å². The van der Waals surface area contributed by atoms with Crippen molar-refractivity contribution in [2.24, 2.45) is 0 Å². The van der Waals surface area contributed by atoms with Crippen molar-refractivity contribution in [1.29, 1.82) is 0 Å². The fraction of sp³-hybridized carbons (Fsp3) is 0.538. The second-order valence-electron chi connectivity index (χ2n) is 4.55. The molecule has 2 rings (SSSR count). The fourth-order valence-corrected chi connectivity index (χ4v) is 2.32. The topological polar surface area (TPSA) is 38.5 Å². The first-order chi connectivity index (χ1) is 7.70. The van der Waals surface area contributed by atoms with Gasteiger partial charge in [-0.15, -0.1) is 0 Å². The number of rotatable bonds is 3. The molecule has 88 valence electrons. The molecule has 0 aliphatic carbocycles. The Bertz CT molecular complexity index is 365. The zero-order chi connectivity index (χ0) is 11.5. The van der Waals surface area contributed by atoms with Gasteiger partial charge in [0.25, 0.3) is 0 Å². The molecule has 0 spiro atoms. The Hall–Kier alpha value is -1.06. The molecule has 1 aliphatic heterocycles. The van der Waals surface area contributed by atoms with E-state index in [2.05, 4.69) is 24.0 Å². The number of anilines is 1. The summed E-state index contributed by atoms with van der Waals surface area (Å²) >= 11 is 0. The summed E-state index contributed by atoms with van der Waals surface area (Å²) in [6, 6.07) is 6.72. The molecule has 16 heavy (non-hydrogen) atoms. The first kappa shape index (κ1) is 11.4. The normalized spacial score (nSPS) is 18.1. The summed E-state index contributed by atoms with van der Waals surface area (Å²) in [6.07, 6.45) is 1.11. The molecule has 1 atom stereocenters. The molecule has 0 saturated heterocycles. The standard InChI is InChI=1S/C13H20N2O/c1-10(9-16-2)15-6-5-11-3-4-13(14)7-12(11)8-15/h3-4,7,10H,5-6,8-9,14H2,1-2H3. The maximum absolute atomic E-state index is 5.82. The van der Waals surface area contributed by atoms with Gasteiger partial charge in [0.05, 0.1) is 6.61 Å². The SMILES string of the molecule is COCC(C)N1CCc2ccc(N)cc2C1. The highest BCUT2D eigenvalue weighted by Gasteiger charge is 2.20. The van der Waals surface area contributed by atoms with Crippen LogP contribution in [0.3, 0.4) is 0 Å². The Kier molecular flexibility index (Phi) is 3.46. The molecule has 1 unspecified atom stereocenters. The minimum absolute atomic E-state index is 0.472. The third-order valence-corrected chi connectivity index (χ3v) is 3.30. The molecule has 0 fully saturated rings. The molecule has 1 heterocycles. The van der Waals surface area contributed by atoms with Crippen molar-refractivity contribution in [1.82, 2.24) is 4.90 Å². The molecule has 1 aromatic carbocycles. The van der Waals surface area contributed by atoms with Crippen molar-refractivity contribution < 1.29 is 4.74 Å². The average Bonchev–Trinajstić information content (AvgIpc) is 2.28. The summed E-state index contributed by atoms with van der Waals surface area (Å²) < 4.78 is 5.20. The molecule has 2 N–H and O–H groups in total. The largest absolute Gasteiger partial charge is 0.399 e. The third-order valence-electron chi connectivity index (χ3n) is 3.30. The maximum Gasteiger partial charge on any atom is 0.0615 e. The van der Waals surface area contributed by atoms with E-state index in [-0.39, 0.29) is 0 Å². The number of nitrogens with zero attached hydrogens (tertiary/aromatic N) is 1. The molecule has 0 amide bonds. The van der Waals surface area contributed by atoms with Crippen molar-refractivity contribution in [3.05, 3.63) is 29.3 Å². The molecule has 1 aliphatic rings. The maximum atomic E-state index is 5.82. The number of hydrogen-bond donors (Lipinski definition) is 1. The first-order valence-electron chi connectivity index (χ1n) is 5.81. The zero-order valence-electron chi connectivity index (χ0n) is 10.1. The molecule has 0 aromatic heterocycles. The minimum Gasteiger partial charge on any atom is -0.399 e. The zero-order valence-corrected chi connectivity index (χ0v) is 10.1. The van der Waals surface area contributed by atoms with Gasteiger partial charge in [0.2, 0.25) is 0 Å². The van der Waals surface area contributed by atoms with Gasteiger partial charge in [-0.25, -0.2) is 0 Å². The van der Waals surface area contributed by atoms with Gasteiger partial charge in [-0.3, -0.25) is 4.90 Å². The third kappa shape index (κ3) is 2.36. The van der Waals surface area contributed by atoms with E-state index in [1.165, 1.54) is 11.1 Å². The molecular formula is C13H20N2O. The van der Waals surface area contributed by atoms with Crippen LogP contribution in [-0.2, 0) is 17.7 Å². The lowest BCUT2D eigenvalue weighted by Gasteiger charge is -2.33. The quantitative estimate of drug-likeness (QED) is 0.787. The van der Waals surface area contributed by atoms with Crippen molar-refractivity contribution in [2.75, 3.05) is 26.0 Å². The van der Waals surface area contributed by atoms with E-state index < -0.39 is 0 Å². The summed E-state index contributed by atoms with van der Waals surface area (Å²) in [5, 5.41) is 0. The summed E-state index contributed by atoms with van der Waals surface area (Å²) in [6.45, 7) is 5.10. The van der Waals surface area contributed by atoms with Crippen LogP contribution >= 0.6 is 0 Å². The van der Waals surface area contributed by atoms with Gasteiger partial charge in [0, 0.05) is 31.9 Å². The molecule has 0 bridgehead atoms. The van der Waals surface area contributed by atoms with Crippen LogP contribution in [0.15, 0.2) is 18.2 Å². The Morgan fingerprint density at radius 3 is 3.00 bits per heavy atom. The van der Waals surface area contributed by atoms with Crippen LogP contribution in [0.4, 0.5) is 5.69 Å². The van der Waals surface area contributed by atoms with Crippen molar-refractivity contribution in [3.8, 4) is 0 Å². The van der Waals surface area contributed by atoms with Gasteiger partial charge in [-0.1, -0.05) is 6.07 Å². The summed E-state index contributed by atoms with van der Waals surface area (Å²) in [7, 11) is 1.76. The highest BCUT2D eigenvalue weighted by atomic mass is 16.5. The molecule has 0 saturated carbocycles. The van der Waals surface area contributed by atoms with E-state index in [1.807, 2.05) is 6.07 Å². The van der Waals surface area contributed by atoms with Gasteiger partial charge in [-0.05, 0) is 36.6 Å². The van der Waals surface area contributed by atoms with Crippen LogP contribution in [0, 0.1) is 0 Å². The van der Waals surface area contributed by atoms with E-state index in [4.69, 9.17) is 10.5 Å². The van der Waals surface area contributed by atoms with Crippen LogP contribution < -0.4 is 5.73 Å². The fourth-order valence-electron chi connectivity index (χ4n) is 2.32. The lowest BCUT2D eigenvalue weighted by Crippen LogP contribution is -2.39. The number of benzene rings is 1. The van der Waals surface area contributed by atoms with Gasteiger partial charge < -0.3 is 10.5 Å². The summed E-state index contributed by atoms with van der Waals surface area (Å²) in [4.78, 5) is 2.45. The average molecular weight is 220 g/mol. The van der Waals surface area contributed by atoms with Crippen molar-refractivity contribution in [2.45, 2.75) is 25.9 Å². The second kappa shape index (κ2) is 4.85. The van der Waals surface area contributed by atoms with Gasteiger partial charge in [0.1, 0.15) is 0 Å². The van der Waals surface area contributed by atoms with Crippen LogP contribution in [0.1, 0.15) is 18.1 Å². The number of ether oxygens (including phenoxy) is 1. The molecular weight excluding hydrogens is 200 g/mol. The van der Waals surface area contributed by atoms with E-state index in [0.29, 0.717) is 6.04 Å². The number of nitrogens with two attached hydrogens (primary N) is 1. The number of nitrogen functional groups attached to an aromatic ring is 1. The Morgan fingerprint density at radius 1 is 1.44 bits per heavy atom. The highest BCUT2D eigenvalue weighted by molar-refractivity contribution is 5.45. The predicted octanol–water partition coefficient (Wildman–Crippen LogP) is 1.66. The van der Waals surface area contributed by atoms with E-state index >= 15 is 0 Å². The van der Waals surface area contributed by atoms with E-state index in [1.54, 1.807) is 7.11 Å². The first-order valence-corrected chi connectivity index (χ1v) is 5.81. The van der Waals surface area contributed by atoms with Gasteiger partial charge >= 0.3 is 0 Å². The predicted molar refractivity (Wildman–Crippen MR) is 66.3 cm³/mol. The van der Waals surface area contributed by atoms with Crippen LogP contribution in [0.5, 0.6) is 0 Å². The Morgan fingerprint density at radius 2 is 2.25 bits per heavy atom. The smallest absolute Gasteiger partial charge is 0.0615 e. The lowest BCUT2D eigenvalue weighted by atomic mass is 9.98. The Balaban J connectivity index is 2.10. The van der Waals surface area contributed by atoms with Crippen LogP contribution in [0.2, 0.25) is 0 Å². The Labute approximate surface area is 97.2 Å². The molecule has 0 radical (unpaired) electrons. The number of hydrogen-bond acceptors (Lipinski definition) is 3. The van der Waals surface area contributed by atoms with Gasteiger partial charge in [-0.2, -0.15) is 0 Å². The summed E-state index contributed by atoms with van der Waals surface area (Å²) in [5.74, 6) is 0. The van der Waals surface area contributed by atoms with Crippen LogP contribution in [0.25, 0.3) is 0 Å². The monoisotopic (exact) mass is 220 g/mol. The minimum atomic E-state index is 0.472. The summed E-state index contributed by atoms with van der Waals surface area (Å²) in [5.41, 5.74) is 9.49. The van der Waals surface area contributed by atoms with Gasteiger partial charge in [0.15, 0.2) is 0 Å². The van der Waals surface area contributed by atoms with E-state index in [9.17, 15) is 0 Å². The second-order valence-corrected chi connectivity index (χ2v) is 4.55. The molecule has 1 aromatic rings. The molecule has 3 nitrogen and oxygen atoms in total. The number of methoxy groups -OCH3 is 1. The van der Waals surface area contributed by atoms with Crippen molar-refractivity contribution in [3.63, 3.8) is 0 Å².